The van der Waals surface area contributed by atoms with Crippen LogP contribution in [0.5, 0.6) is 0 Å². The van der Waals surface area contributed by atoms with Gasteiger partial charge in [-0.15, -0.1) is 0 Å². The first-order valence-electron chi connectivity index (χ1n) is 8.22. The molecule has 116 valence electrons. The van der Waals surface area contributed by atoms with E-state index in [4.69, 9.17) is 4.74 Å². The summed E-state index contributed by atoms with van der Waals surface area (Å²) < 4.78 is 4.86. The summed E-state index contributed by atoms with van der Waals surface area (Å²) in [6.45, 7) is 4.23. The van der Waals surface area contributed by atoms with Crippen molar-refractivity contribution in [2.75, 3.05) is 6.61 Å². The average molecular weight is 280 g/mol. The van der Waals surface area contributed by atoms with Gasteiger partial charge in [-0.25, -0.2) is 0 Å². The summed E-state index contributed by atoms with van der Waals surface area (Å²) in [6.07, 6.45) is 21.2. The molecule has 0 aromatic rings. The number of carbonyl (C=O) groups is 1. The van der Waals surface area contributed by atoms with Gasteiger partial charge in [0.25, 0.3) is 0 Å². The standard InChI is InChI=1S/C18H32O2/c1-3-4-5-6-7-8-9-10-11-12-13-14-15-16-17-20-18(2)19/h11-14H,3-10,15-17H2,1-2H3/b12-11-,14-13-. The molecule has 2 heteroatoms. The van der Waals surface area contributed by atoms with Crippen molar-refractivity contribution >= 4 is 5.97 Å². The summed E-state index contributed by atoms with van der Waals surface area (Å²) in [5.74, 6) is -0.191. The van der Waals surface area contributed by atoms with Gasteiger partial charge < -0.3 is 4.74 Å². The summed E-state index contributed by atoms with van der Waals surface area (Å²) in [4.78, 5) is 10.5. The van der Waals surface area contributed by atoms with Crippen LogP contribution in [-0.4, -0.2) is 12.6 Å². The monoisotopic (exact) mass is 280 g/mol. The Morgan fingerprint density at radius 2 is 1.40 bits per heavy atom. The molecule has 0 radical (unpaired) electrons. The topological polar surface area (TPSA) is 26.3 Å². The number of allylic oxidation sites excluding steroid dienone is 4. The first-order chi connectivity index (χ1) is 9.77. The highest BCUT2D eigenvalue weighted by molar-refractivity contribution is 5.65. The Morgan fingerprint density at radius 1 is 0.850 bits per heavy atom. The van der Waals surface area contributed by atoms with Crippen LogP contribution in [0.3, 0.4) is 0 Å². The molecular weight excluding hydrogens is 248 g/mol. The molecule has 0 aliphatic carbocycles. The van der Waals surface area contributed by atoms with Crippen molar-refractivity contribution in [1.29, 1.82) is 0 Å². The van der Waals surface area contributed by atoms with Crippen molar-refractivity contribution in [1.82, 2.24) is 0 Å². The van der Waals surface area contributed by atoms with Crippen molar-refractivity contribution in [3.8, 4) is 0 Å². The lowest BCUT2D eigenvalue weighted by molar-refractivity contribution is -0.141. The molecule has 0 aromatic carbocycles. The lowest BCUT2D eigenvalue weighted by Crippen LogP contribution is -1.99. The molecule has 2 nitrogen and oxygen atoms in total. The van der Waals surface area contributed by atoms with E-state index in [0.29, 0.717) is 6.61 Å². The molecule has 0 rings (SSSR count). The predicted octanol–water partition coefficient (Wildman–Crippen LogP) is 5.58. The lowest BCUT2D eigenvalue weighted by Gasteiger charge is -1.98. The maximum absolute atomic E-state index is 10.5. The third-order valence-corrected chi connectivity index (χ3v) is 3.18. The smallest absolute Gasteiger partial charge is 0.302 e. The van der Waals surface area contributed by atoms with Crippen LogP contribution in [-0.2, 0) is 9.53 Å². The van der Waals surface area contributed by atoms with Gasteiger partial charge in [0, 0.05) is 6.92 Å². The van der Waals surface area contributed by atoms with Gasteiger partial charge in [-0.3, -0.25) is 4.79 Å². The Bertz CT molecular complexity index is 267. The number of ether oxygens (including phenoxy) is 1. The molecule has 0 saturated carbocycles. The molecule has 0 atom stereocenters. The van der Waals surface area contributed by atoms with Gasteiger partial charge in [0.1, 0.15) is 0 Å². The second-order valence-electron chi connectivity index (χ2n) is 5.25. The summed E-state index contributed by atoms with van der Waals surface area (Å²) in [6, 6.07) is 0. The third-order valence-electron chi connectivity index (χ3n) is 3.18. The highest BCUT2D eigenvalue weighted by atomic mass is 16.5. The number of esters is 1. The molecule has 0 heterocycles. The van der Waals surface area contributed by atoms with Crippen LogP contribution in [0.1, 0.15) is 78.1 Å². The Balaban J connectivity index is 3.20. The van der Waals surface area contributed by atoms with Crippen LogP contribution in [0.2, 0.25) is 0 Å². The fraction of sp³-hybridized carbons (Fsp3) is 0.722. The fourth-order valence-corrected chi connectivity index (χ4v) is 1.99. The van der Waals surface area contributed by atoms with Crippen LogP contribution in [0.25, 0.3) is 0 Å². The van der Waals surface area contributed by atoms with E-state index in [1.54, 1.807) is 0 Å². The van der Waals surface area contributed by atoms with Gasteiger partial charge in [-0.05, 0) is 25.7 Å². The SMILES string of the molecule is CCCCCCCCC/C=C\C=C/CCCOC(C)=O. The summed E-state index contributed by atoms with van der Waals surface area (Å²) >= 11 is 0. The Labute approximate surface area is 125 Å². The Morgan fingerprint density at radius 3 is 2.00 bits per heavy atom. The molecule has 0 saturated heterocycles. The van der Waals surface area contributed by atoms with Crippen molar-refractivity contribution in [3.05, 3.63) is 24.3 Å². The summed E-state index contributed by atoms with van der Waals surface area (Å²) in [5, 5.41) is 0. The van der Waals surface area contributed by atoms with E-state index < -0.39 is 0 Å². The lowest BCUT2D eigenvalue weighted by atomic mass is 10.1. The number of hydrogen-bond acceptors (Lipinski definition) is 2. The van der Waals surface area contributed by atoms with Gasteiger partial charge >= 0.3 is 5.97 Å². The van der Waals surface area contributed by atoms with E-state index in [1.165, 1.54) is 58.3 Å². The van der Waals surface area contributed by atoms with Gasteiger partial charge in [0.2, 0.25) is 0 Å². The predicted molar refractivity (Wildman–Crippen MR) is 86.8 cm³/mol. The molecule has 0 aromatic heterocycles. The molecule has 0 aliphatic heterocycles. The number of rotatable bonds is 13. The minimum absolute atomic E-state index is 0.191. The second kappa shape index (κ2) is 16.0. The fourth-order valence-electron chi connectivity index (χ4n) is 1.99. The first-order valence-corrected chi connectivity index (χ1v) is 8.22. The quantitative estimate of drug-likeness (QED) is 0.250. The van der Waals surface area contributed by atoms with Crippen LogP contribution in [0.15, 0.2) is 24.3 Å². The van der Waals surface area contributed by atoms with Crippen LogP contribution in [0, 0.1) is 0 Å². The zero-order chi connectivity index (χ0) is 14.9. The molecule has 0 bridgehead atoms. The maximum atomic E-state index is 10.5. The Kier molecular flexibility index (Phi) is 15.2. The van der Waals surface area contributed by atoms with E-state index in [1.807, 2.05) is 0 Å². The normalized spacial score (nSPS) is 11.5. The van der Waals surface area contributed by atoms with E-state index in [9.17, 15) is 4.79 Å². The van der Waals surface area contributed by atoms with E-state index in [-0.39, 0.29) is 5.97 Å². The van der Waals surface area contributed by atoms with E-state index in [2.05, 4.69) is 31.2 Å². The van der Waals surface area contributed by atoms with Crippen molar-refractivity contribution < 1.29 is 9.53 Å². The highest BCUT2D eigenvalue weighted by Gasteiger charge is 1.90. The van der Waals surface area contributed by atoms with E-state index >= 15 is 0 Å². The van der Waals surface area contributed by atoms with Crippen molar-refractivity contribution in [2.24, 2.45) is 0 Å². The highest BCUT2D eigenvalue weighted by Crippen LogP contribution is 2.08. The summed E-state index contributed by atoms with van der Waals surface area (Å²) in [5.41, 5.74) is 0. The van der Waals surface area contributed by atoms with E-state index in [0.717, 1.165) is 12.8 Å². The zero-order valence-electron chi connectivity index (χ0n) is 13.4. The Hall–Kier alpha value is -1.05. The molecule has 0 N–H and O–H groups in total. The third kappa shape index (κ3) is 16.9. The molecule has 20 heavy (non-hydrogen) atoms. The van der Waals surface area contributed by atoms with Gasteiger partial charge in [-0.2, -0.15) is 0 Å². The first kappa shape index (κ1) is 18.9. The molecule has 0 amide bonds. The van der Waals surface area contributed by atoms with Gasteiger partial charge in [0.05, 0.1) is 6.61 Å². The average Bonchev–Trinajstić information content (AvgIpc) is 2.43. The van der Waals surface area contributed by atoms with Gasteiger partial charge in [0.15, 0.2) is 0 Å². The number of carbonyl (C=O) groups excluding carboxylic acids is 1. The minimum Gasteiger partial charge on any atom is -0.466 e. The number of unbranched alkanes of at least 4 members (excludes halogenated alkanes) is 8. The van der Waals surface area contributed by atoms with Crippen LogP contribution < -0.4 is 0 Å². The van der Waals surface area contributed by atoms with Crippen molar-refractivity contribution in [3.63, 3.8) is 0 Å². The molecule has 0 spiro atoms. The zero-order valence-corrected chi connectivity index (χ0v) is 13.4. The van der Waals surface area contributed by atoms with Crippen LogP contribution >= 0.6 is 0 Å². The summed E-state index contributed by atoms with van der Waals surface area (Å²) in [7, 11) is 0. The number of hydrogen-bond donors (Lipinski definition) is 0. The molecular formula is C18H32O2. The molecule has 0 unspecified atom stereocenters. The minimum atomic E-state index is -0.191. The second-order valence-corrected chi connectivity index (χ2v) is 5.25. The maximum Gasteiger partial charge on any atom is 0.302 e. The largest absolute Gasteiger partial charge is 0.466 e. The van der Waals surface area contributed by atoms with Gasteiger partial charge in [-0.1, -0.05) is 69.8 Å². The van der Waals surface area contributed by atoms with Crippen molar-refractivity contribution in [2.45, 2.75) is 78.1 Å². The molecule has 0 fully saturated rings. The molecule has 0 aliphatic rings. The van der Waals surface area contributed by atoms with Crippen LogP contribution in [0.4, 0.5) is 0 Å².